The number of rotatable bonds is 4. The normalized spacial score (nSPS) is 26.4. The van der Waals surface area contributed by atoms with Crippen LogP contribution in [0.2, 0.25) is 0 Å². The first-order valence-corrected chi connectivity index (χ1v) is 16.0. The molecule has 0 bridgehead atoms. The Hall–Kier alpha value is -0.390. The molecule has 27 heavy (non-hydrogen) atoms. The van der Waals surface area contributed by atoms with Crippen molar-refractivity contribution in [1.29, 1.82) is 0 Å². The van der Waals surface area contributed by atoms with Gasteiger partial charge in [0.15, 0.2) is 10.9 Å². The Labute approximate surface area is 174 Å². The van der Waals surface area contributed by atoms with Gasteiger partial charge in [-0.3, -0.25) is 0 Å². The zero-order valence-electron chi connectivity index (χ0n) is 15.2. The van der Waals surface area contributed by atoms with Gasteiger partial charge in [0.05, 0.1) is 27.4 Å². The SMILES string of the molecule is COc1ccc([P@@]2(=S)OCCCCO[P@@](=S)(c3ccc(OC)cc3)S2)cc1. The lowest BCUT2D eigenvalue weighted by Crippen LogP contribution is -2.08. The van der Waals surface area contributed by atoms with Crippen molar-refractivity contribution in [2.75, 3.05) is 27.4 Å². The van der Waals surface area contributed by atoms with Gasteiger partial charge < -0.3 is 18.5 Å². The first-order valence-electron chi connectivity index (χ1n) is 8.49. The van der Waals surface area contributed by atoms with Crippen molar-refractivity contribution < 1.29 is 18.5 Å². The summed E-state index contributed by atoms with van der Waals surface area (Å²) in [6, 6.07) is 15.6. The second-order valence-electron chi connectivity index (χ2n) is 5.85. The van der Waals surface area contributed by atoms with Crippen molar-refractivity contribution in [2.45, 2.75) is 12.8 Å². The molecular formula is C18H22O4P2S3. The molecule has 146 valence electrons. The van der Waals surface area contributed by atoms with Crippen molar-refractivity contribution >= 4 is 56.2 Å². The third-order valence-corrected chi connectivity index (χ3v) is 19.9. The van der Waals surface area contributed by atoms with E-state index in [-0.39, 0.29) is 0 Å². The number of hydrogen-bond acceptors (Lipinski definition) is 7. The van der Waals surface area contributed by atoms with Crippen molar-refractivity contribution in [3.05, 3.63) is 48.5 Å². The first kappa shape index (κ1) is 21.3. The van der Waals surface area contributed by atoms with Gasteiger partial charge in [0.1, 0.15) is 11.5 Å². The Morgan fingerprint density at radius 2 is 1.11 bits per heavy atom. The summed E-state index contributed by atoms with van der Waals surface area (Å²) in [6.45, 7) is 1.25. The molecule has 0 aromatic heterocycles. The molecule has 0 saturated carbocycles. The van der Waals surface area contributed by atoms with Crippen LogP contribution in [0.25, 0.3) is 0 Å². The third-order valence-electron chi connectivity index (χ3n) is 4.05. The van der Waals surface area contributed by atoms with E-state index < -0.39 is 10.9 Å². The van der Waals surface area contributed by atoms with Gasteiger partial charge in [-0.05, 0) is 72.4 Å². The van der Waals surface area contributed by atoms with Gasteiger partial charge >= 0.3 is 0 Å². The topological polar surface area (TPSA) is 36.9 Å². The van der Waals surface area contributed by atoms with Gasteiger partial charge in [-0.2, -0.15) is 0 Å². The fourth-order valence-corrected chi connectivity index (χ4v) is 20.5. The van der Waals surface area contributed by atoms with Gasteiger partial charge in [0.2, 0.25) is 0 Å². The highest BCUT2D eigenvalue weighted by molar-refractivity contribution is 9.00. The summed E-state index contributed by atoms with van der Waals surface area (Å²) in [5.74, 6) is 1.58. The Kier molecular flexibility index (Phi) is 7.43. The maximum atomic E-state index is 6.28. The van der Waals surface area contributed by atoms with Crippen LogP contribution in [0.1, 0.15) is 12.8 Å². The molecule has 3 rings (SSSR count). The van der Waals surface area contributed by atoms with E-state index in [0.717, 1.165) is 34.9 Å². The van der Waals surface area contributed by atoms with Gasteiger partial charge in [-0.15, -0.1) is 0 Å². The summed E-state index contributed by atoms with van der Waals surface area (Å²) in [7, 11) is 3.30. The highest BCUT2D eigenvalue weighted by atomic mass is 33.2. The van der Waals surface area contributed by atoms with E-state index in [1.807, 2.05) is 48.5 Å². The summed E-state index contributed by atoms with van der Waals surface area (Å²) < 4.78 is 23.1. The fraction of sp³-hybridized carbons (Fsp3) is 0.333. The van der Waals surface area contributed by atoms with E-state index in [4.69, 9.17) is 42.1 Å². The zero-order chi connectivity index (χ0) is 19.3. The quantitative estimate of drug-likeness (QED) is 0.605. The van der Waals surface area contributed by atoms with Crippen LogP contribution in [0, 0.1) is 0 Å². The lowest BCUT2D eigenvalue weighted by atomic mass is 10.3. The second-order valence-corrected chi connectivity index (χ2v) is 19.1. The molecule has 1 fully saturated rings. The predicted molar refractivity (Wildman–Crippen MR) is 123 cm³/mol. The van der Waals surface area contributed by atoms with Crippen LogP contribution in [0.15, 0.2) is 48.5 Å². The Morgan fingerprint density at radius 3 is 1.44 bits per heavy atom. The lowest BCUT2D eigenvalue weighted by molar-refractivity contribution is 0.305. The minimum absolute atomic E-state index is 0.623. The summed E-state index contributed by atoms with van der Waals surface area (Å²) in [4.78, 5) is 0. The lowest BCUT2D eigenvalue weighted by Gasteiger charge is -2.28. The molecule has 0 amide bonds. The molecule has 2 atom stereocenters. The molecule has 2 aromatic carbocycles. The Balaban J connectivity index is 1.99. The molecule has 1 aliphatic rings. The van der Waals surface area contributed by atoms with E-state index in [0.29, 0.717) is 13.2 Å². The summed E-state index contributed by atoms with van der Waals surface area (Å²) in [5.41, 5.74) is -4.83. The van der Waals surface area contributed by atoms with Gasteiger partial charge in [-0.1, -0.05) is 23.6 Å². The van der Waals surface area contributed by atoms with E-state index in [9.17, 15) is 0 Å². The molecule has 1 heterocycles. The van der Waals surface area contributed by atoms with Gasteiger partial charge in [0.25, 0.3) is 0 Å². The van der Waals surface area contributed by atoms with Crippen LogP contribution in [-0.4, -0.2) is 27.4 Å². The smallest absolute Gasteiger partial charge is 0.155 e. The Morgan fingerprint density at radius 1 is 0.741 bits per heavy atom. The monoisotopic (exact) mass is 460 g/mol. The van der Waals surface area contributed by atoms with Crippen LogP contribution in [0.3, 0.4) is 0 Å². The molecule has 4 nitrogen and oxygen atoms in total. The maximum absolute atomic E-state index is 6.28. The van der Waals surface area contributed by atoms with Crippen molar-refractivity contribution in [2.24, 2.45) is 0 Å². The first-order chi connectivity index (χ1) is 13.0. The number of ether oxygens (including phenoxy) is 2. The van der Waals surface area contributed by atoms with Gasteiger partial charge in [-0.25, -0.2) is 0 Å². The minimum atomic E-state index is -2.42. The number of methoxy groups -OCH3 is 2. The van der Waals surface area contributed by atoms with E-state index in [1.165, 1.54) is 0 Å². The standard InChI is InChI=1S/C18H22O4P2S3/c1-19-15-5-9-17(10-6-15)23(25)21-13-3-4-14-22-24(26,27-23)18-11-7-16(20-2)8-12-18/h5-12H,3-4,13-14H2,1-2H3/t23-,24+. The molecular weight excluding hydrogens is 438 g/mol. The summed E-state index contributed by atoms with van der Waals surface area (Å²) in [6.07, 6.45) is 1.82. The van der Waals surface area contributed by atoms with Crippen LogP contribution in [-0.2, 0) is 32.7 Å². The van der Waals surface area contributed by atoms with Crippen LogP contribution < -0.4 is 20.1 Å². The molecule has 2 aromatic rings. The zero-order valence-corrected chi connectivity index (χ0v) is 19.4. The van der Waals surface area contributed by atoms with Crippen molar-refractivity contribution in [1.82, 2.24) is 0 Å². The maximum Gasteiger partial charge on any atom is 0.155 e. The van der Waals surface area contributed by atoms with Crippen LogP contribution in [0.5, 0.6) is 11.5 Å². The molecule has 0 spiro atoms. The van der Waals surface area contributed by atoms with Crippen LogP contribution in [0.4, 0.5) is 0 Å². The molecule has 0 radical (unpaired) electrons. The van der Waals surface area contributed by atoms with Gasteiger partial charge in [0, 0.05) is 10.6 Å². The fourth-order valence-electron chi connectivity index (χ4n) is 2.54. The minimum Gasteiger partial charge on any atom is -0.497 e. The molecule has 1 aliphatic heterocycles. The number of hydrogen-bond donors (Lipinski definition) is 0. The second kappa shape index (κ2) is 9.41. The molecule has 0 unspecified atom stereocenters. The van der Waals surface area contributed by atoms with Crippen molar-refractivity contribution in [3.63, 3.8) is 0 Å². The molecule has 9 heteroatoms. The van der Waals surface area contributed by atoms with E-state index in [2.05, 4.69) is 0 Å². The third kappa shape index (κ3) is 5.16. The van der Waals surface area contributed by atoms with Crippen LogP contribution >= 0.6 is 21.9 Å². The highest BCUT2D eigenvalue weighted by Crippen LogP contribution is 2.78. The number of benzene rings is 2. The molecule has 0 aliphatic carbocycles. The molecule has 0 N–H and O–H groups in total. The predicted octanol–water partition coefficient (Wildman–Crippen LogP) is 4.83. The molecule has 1 saturated heterocycles. The van der Waals surface area contributed by atoms with E-state index >= 15 is 0 Å². The average Bonchev–Trinajstić information content (AvgIpc) is 2.78. The average molecular weight is 461 g/mol. The largest absolute Gasteiger partial charge is 0.497 e. The Bertz CT molecular complexity index is 784. The van der Waals surface area contributed by atoms with Crippen molar-refractivity contribution in [3.8, 4) is 11.5 Å². The van der Waals surface area contributed by atoms with E-state index in [1.54, 1.807) is 25.2 Å². The summed E-state index contributed by atoms with van der Waals surface area (Å²) >= 11 is 13.7. The summed E-state index contributed by atoms with van der Waals surface area (Å²) in [5, 5.41) is 1.97. The highest BCUT2D eigenvalue weighted by Gasteiger charge is 2.34.